The van der Waals surface area contributed by atoms with Gasteiger partial charge in [0.1, 0.15) is 12.7 Å². The van der Waals surface area contributed by atoms with Gasteiger partial charge in [-0.25, -0.2) is 0 Å². The van der Waals surface area contributed by atoms with Gasteiger partial charge < -0.3 is 15.4 Å². The lowest BCUT2D eigenvalue weighted by Crippen LogP contribution is -2.51. The van der Waals surface area contributed by atoms with Crippen molar-refractivity contribution in [2.24, 2.45) is 39.5 Å². The molecule has 0 bridgehead atoms. The Labute approximate surface area is 166 Å². The van der Waals surface area contributed by atoms with Crippen LogP contribution in [0.15, 0.2) is 16.8 Å². The van der Waals surface area contributed by atoms with Crippen LogP contribution in [0.4, 0.5) is 0 Å². The number of allylic oxidation sites excluding steroid dienone is 2. The van der Waals surface area contributed by atoms with Crippen LogP contribution in [0.1, 0.15) is 65.2 Å². The van der Waals surface area contributed by atoms with Crippen LogP contribution >= 0.6 is 0 Å². The lowest BCUT2D eigenvalue weighted by molar-refractivity contribution is -0.772. The molecular formula is C21H33N3O4. The van der Waals surface area contributed by atoms with Crippen molar-refractivity contribution >= 4 is 5.71 Å². The Kier molecular flexibility index (Phi) is 5.14. The number of nitrogens with two attached hydrogens (primary N) is 1. The lowest BCUT2D eigenvalue weighted by Gasteiger charge is -2.58. The third kappa shape index (κ3) is 3.11. The zero-order valence-electron chi connectivity index (χ0n) is 17.1. The highest BCUT2D eigenvalue weighted by Crippen LogP contribution is 2.65. The minimum Gasteiger partial charge on any atom is -0.394 e. The van der Waals surface area contributed by atoms with Crippen molar-refractivity contribution in [3.8, 4) is 0 Å². The maximum Gasteiger partial charge on any atom is 0.294 e. The van der Waals surface area contributed by atoms with Gasteiger partial charge in [0.25, 0.3) is 5.09 Å². The quantitative estimate of drug-likeness (QED) is 0.436. The van der Waals surface area contributed by atoms with Crippen molar-refractivity contribution in [2.45, 2.75) is 71.3 Å². The van der Waals surface area contributed by atoms with Crippen molar-refractivity contribution in [2.75, 3.05) is 13.2 Å². The minimum atomic E-state index is -0.581. The first-order chi connectivity index (χ1) is 13.4. The van der Waals surface area contributed by atoms with E-state index in [2.05, 4.69) is 25.1 Å². The highest BCUT2D eigenvalue weighted by Gasteiger charge is 2.59. The first kappa shape index (κ1) is 19.7. The Bertz CT molecular complexity index is 693. The first-order valence-corrected chi connectivity index (χ1v) is 10.8. The van der Waals surface area contributed by atoms with Crippen molar-refractivity contribution in [3.05, 3.63) is 21.8 Å². The topological polar surface area (TPSA) is 100.0 Å². The van der Waals surface area contributed by atoms with E-state index >= 15 is 0 Å². The van der Waals surface area contributed by atoms with E-state index in [9.17, 15) is 10.1 Å². The number of nitrogens with zero attached hydrogens (tertiary/aromatic N) is 2. The van der Waals surface area contributed by atoms with Gasteiger partial charge in [0.05, 0.1) is 5.71 Å². The van der Waals surface area contributed by atoms with E-state index in [1.54, 1.807) is 0 Å². The molecule has 7 nitrogen and oxygen atoms in total. The van der Waals surface area contributed by atoms with E-state index in [0.717, 1.165) is 50.7 Å². The lowest BCUT2D eigenvalue weighted by atomic mass is 9.47. The number of rotatable bonds is 5. The highest BCUT2D eigenvalue weighted by molar-refractivity contribution is 5.96. The molecule has 4 rings (SSSR count). The Balaban J connectivity index is 1.54. The van der Waals surface area contributed by atoms with Crippen molar-refractivity contribution in [1.82, 2.24) is 0 Å². The fraction of sp³-hybridized carbons (Fsp3) is 0.857. The maximum absolute atomic E-state index is 11.0. The van der Waals surface area contributed by atoms with Gasteiger partial charge in [0, 0.05) is 6.54 Å². The third-order valence-electron chi connectivity index (χ3n) is 8.49. The normalized spacial score (nSPS) is 43.5. The molecule has 0 saturated heterocycles. The molecule has 0 amide bonds. The number of hydrogen-bond acceptors (Lipinski definition) is 6. The predicted molar refractivity (Wildman–Crippen MR) is 106 cm³/mol. The Morgan fingerprint density at radius 2 is 2.04 bits per heavy atom. The fourth-order valence-electron chi connectivity index (χ4n) is 7.05. The molecule has 4 aliphatic carbocycles. The van der Waals surface area contributed by atoms with Crippen molar-refractivity contribution < 1.29 is 14.8 Å². The molecule has 28 heavy (non-hydrogen) atoms. The Hall–Kier alpha value is -1.63. The van der Waals surface area contributed by atoms with Crippen LogP contribution in [0, 0.1) is 38.7 Å². The molecule has 0 aromatic carbocycles. The average molecular weight is 392 g/mol. The summed E-state index contributed by atoms with van der Waals surface area (Å²) >= 11 is 0. The summed E-state index contributed by atoms with van der Waals surface area (Å²) in [6, 6.07) is 0. The van der Waals surface area contributed by atoms with E-state index in [1.807, 2.05) is 0 Å². The van der Waals surface area contributed by atoms with E-state index in [-0.39, 0.29) is 16.9 Å². The molecule has 0 aliphatic heterocycles. The summed E-state index contributed by atoms with van der Waals surface area (Å²) in [5.74, 6) is 1.84. The molecule has 7 heteroatoms. The molecule has 3 fully saturated rings. The SMILES string of the molecule is C[C@]12CCC(=NOCCN)C=C1CCC1C2CC[C@@]2(C)C1CC[C@@H]2O[N+](=O)[O-]. The molecule has 3 unspecified atom stereocenters. The van der Waals surface area contributed by atoms with Gasteiger partial charge in [-0.15, -0.1) is 10.1 Å². The van der Waals surface area contributed by atoms with Crippen molar-refractivity contribution in [3.63, 3.8) is 0 Å². The molecule has 0 spiro atoms. The van der Waals surface area contributed by atoms with Crippen LogP contribution < -0.4 is 5.73 Å². The van der Waals surface area contributed by atoms with E-state index in [0.29, 0.717) is 30.9 Å². The predicted octanol–water partition coefficient (Wildman–Crippen LogP) is 3.86. The molecular weight excluding hydrogens is 358 g/mol. The molecule has 156 valence electrons. The summed E-state index contributed by atoms with van der Waals surface area (Å²) in [5.41, 5.74) is 8.21. The minimum absolute atomic E-state index is 0.0524. The van der Waals surface area contributed by atoms with Crippen molar-refractivity contribution in [1.29, 1.82) is 0 Å². The molecule has 0 aromatic rings. The van der Waals surface area contributed by atoms with Gasteiger partial charge in [0.2, 0.25) is 0 Å². The summed E-state index contributed by atoms with van der Waals surface area (Å²) in [5, 5.41) is 14.7. The molecule has 2 N–H and O–H groups in total. The standard InChI is InChI=1S/C21H33N3O4/c1-20-9-7-15(23-27-12-11-22)13-14(20)3-4-16-17-5-6-19(28-24(25)26)21(17,2)10-8-18(16)20/h13,16-19H,3-12,22H2,1-2H3/t16?,17?,18?,19-,20-,21-/m0/s1. The largest absolute Gasteiger partial charge is 0.394 e. The molecule has 6 atom stereocenters. The Morgan fingerprint density at radius 3 is 2.79 bits per heavy atom. The van der Waals surface area contributed by atoms with Crippen LogP contribution in [-0.2, 0) is 9.68 Å². The summed E-state index contributed by atoms with van der Waals surface area (Å²) < 4.78 is 0. The summed E-state index contributed by atoms with van der Waals surface area (Å²) in [6.45, 7) is 5.62. The second-order valence-electron chi connectivity index (χ2n) is 9.65. The maximum atomic E-state index is 11.0. The van der Waals surface area contributed by atoms with Gasteiger partial charge in [0.15, 0.2) is 0 Å². The zero-order chi connectivity index (χ0) is 19.9. The van der Waals surface area contributed by atoms with Gasteiger partial charge in [-0.05, 0) is 86.0 Å². The second-order valence-corrected chi connectivity index (χ2v) is 9.65. The van der Waals surface area contributed by atoms with Crippen LogP contribution in [-0.4, -0.2) is 30.1 Å². The van der Waals surface area contributed by atoms with Gasteiger partial charge >= 0.3 is 0 Å². The highest BCUT2D eigenvalue weighted by atomic mass is 17.0. The van der Waals surface area contributed by atoms with E-state index in [4.69, 9.17) is 15.4 Å². The number of oxime groups is 1. The van der Waals surface area contributed by atoms with Crippen LogP contribution in [0.3, 0.4) is 0 Å². The Morgan fingerprint density at radius 1 is 1.21 bits per heavy atom. The molecule has 0 aromatic heterocycles. The molecule has 0 heterocycles. The summed E-state index contributed by atoms with van der Waals surface area (Å²) in [6.07, 6.45) is 10.4. The van der Waals surface area contributed by atoms with E-state index in [1.165, 1.54) is 12.0 Å². The smallest absolute Gasteiger partial charge is 0.294 e. The zero-order valence-corrected chi connectivity index (χ0v) is 17.1. The first-order valence-electron chi connectivity index (χ1n) is 10.8. The number of hydrogen-bond donors (Lipinski definition) is 1. The molecule has 3 saturated carbocycles. The summed E-state index contributed by atoms with van der Waals surface area (Å²) in [7, 11) is 0. The average Bonchev–Trinajstić information content (AvgIpc) is 2.98. The van der Waals surface area contributed by atoms with Crippen LogP contribution in [0.2, 0.25) is 0 Å². The molecule has 0 radical (unpaired) electrons. The van der Waals surface area contributed by atoms with E-state index < -0.39 is 5.09 Å². The molecule has 4 aliphatic rings. The van der Waals surface area contributed by atoms with Gasteiger partial charge in [-0.2, -0.15) is 0 Å². The second kappa shape index (κ2) is 7.32. The van der Waals surface area contributed by atoms with Crippen LogP contribution in [0.25, 0.3) is 0 Å². The summed E-state index contributed by atoms with van der Waals surface area (Å²) in [4.78, 5) is 21.4. The third-order valence-corrected chi connectivity index (χ3v) is 8.49. The number of fused-ring (bicyclic) bond motifs is 5. The van der Waals surface area contributed by atoms with Gasteiger partial charge in [-0.1, -0.05) is 24.6 Å². The fourth-order valence-corrected chi connectivity index (χ4v) is 7.05. The monoisotopic (exact) mass is 391 g/mol. The van der Waals surface area contributed by atoms with Crippen LogP contribution in [0.5, 0.6) is 0 Å². The van der Waals surface area contributed by atoms with Gasteiger partial charge in [-0.3, -0.25) is 0 Å².